The molecule has 64 heavy (non-hydrogen) atoms. The minimum atomic E-state index is -5.05. The predicted octanol–water partition coefficient (Wildman–Crippen LogP) is 0.876. The molecule has 0 saturated carbocycles. The molecule has 2 fully saturated rings. The highest BCUT2D eigenvalue weighted by Crippen LogP contribution is 2.37. The molecular weight excluding hydrogens is 893 g/mol. The smallest absolute Gasteiger partial charge is 0.303 e. The highest BCUT2D eigenvalue weighted by atomic mass is 32.2. The molecule has 0 aromatic heterocycles. The van der Waals surface area contributed by atoms with Crippen molar-refractivity contribution in [1.82, 2.24) is 9.03 Å². The molecule has 2 saturated heterocycles. The van der Waals surface area contributed by atoms with Gasteiger partial charge >= 0.3 is 35.8 Å². The molecule has 1 N–H and O–H groups in total. The van der Waals surface area contributed by atoms with Gasteiger partial charge in [-0.25, -0.2) is 21.1 Å². The van der Waals surface area contributed by atoms with Crippen molar-refractivity contribution >= 4 is 61.8 Å². The lowest BCUT2D eigenvalue weighted by Gasteiger charge is -2.50. The lowest BCUT2D eigenvalue weighted by Crippen LogP contribution is -2.72. The van der Waals surface area contributed by atoms with E-state index in [1.54, 1.807) is 13.8 Å². The fourth-order valence-electron chi connectivity index (χ4n) is 6.86. The van der Waals surface area contributed by atoms with E-state index in [2.05, 4.69) is 4.72 Å². The number of aryl methyl sites for hydroxylation is 2. The molecule has 0 aliphatic carbocycles. The lowest BCUT2D eigenvalue weighted by molar-refractivity contribution is -0.341. The Hall–Kier alpha value is -5.53. The summed E-state index contributed by atoms with van der Waals surface area (Å²) in [7, 11) is -9.78. The number of carbonyl (C=O) groups is 7. The zero-order valence-corrected chi connectivity index (χ0v) is 37.9. The van der Waals surface area contributed by atoms with Crippen LogP contribution in [-0.4, -0.2) is 137 Å². The van der Waals surface area contributed by atoms with Crippen molar-refractivity contribution in [2.75, 3.05) is 13.2 Å². The van der Waals surface area contributed by atoms with Crippen LogP contribution in [0.15, 0.2) is 58.3 Å². The summed E-state index contributed by atoms with van der Waals surface area (Å²) in [5, 5.41) is 0. The van der Waals surface area contributed by atoms with Gasteiger partial charge in [-0.3, -0.25) is 33.6 Å². The first-order valence-electron chi connectivity index (χ1n) is 19.4. The van der Waals surface area contributed by atoms with Crippen molar-refractivity contribution < 1.29 is 93.0 Å². The zero-order valence-electron chi connectivity index (χ0n) is 36.2. The second-order valence-corrected chi connectivity index (χ2v) is 18.2. The summed E-state index contributed by atoms with van der Waals surface area (Å²) < 4.78 is 111. The first kappa shape index (κ1) is 51.1. The molecular formula is C40H50N2O20S2. The molecule has 4 rings (SSSR count). The fourth-order valence-corrected chi connectivity index (χ4v) is 9.59. The van der Waals surface area contributed by atoms with Crippen molar-refractivity contribution in [1.29, 1.82) is 0 Å². The van der Waals surface area contributed by atoms with Crippen LogP contribution >= 0.6 is 0 Å². The number of nitrogens with zero attached hydrogens (tertiary/aromatic N) is 1. The number of esters is 6. The summed E-state index contributed by atoms with van der Waals surface area (Å²) in [5.41, 5.74) is 1.30. The maximum Gasteiger partial charge on any atom is 0.303 e. The largest absolute Gasteiger partial charge is 0.463 e. The second-order valence-electron chi connectivity index (χ2n) is 14.7. The van der Waals surface area contributed by atoms with Gasteiger partial charge in [0.25, 0.3) is 10.0 Å². The SMILES string of the molecule is CC(=O)OC[C@H]1O[C@@H](O[C@H]2[C@H](OC(C)=O)[C@@H](N(C(C)=O)S(=O)(=O)c3ccc(C)cc3)[C@H](NS(=O)(=O)c3ccc(C)cc3)O[C@@H]2COC(C)=O)[C@H](OC(C)=O)[C@@H](OC(C)=O)[C@H]1OC(C)=O. The molecule has 2 aromatic carbocycles. The van der Waals surface area contributed by atoms with E-state index in [9.17, 15) is 50.4 Å². The zero-order chi connectivity index (χ0) is 47.8. The van der Waals surface area contributed by atoms with E-state index >= 15 is 0 Å². The average Bonchev–Trinajstić information content (AvgIpc) is 3.17. The topological polar surface area (TPSA) is 286 Å². The van der Waals surface area contributed by atoms with Gasteiger partial charge in [0.05, 0.1) is 9.79 Å². The molecule has 24 heteroatoms. The van der Waals surface area contributed by atoms with Gasteiger partial charge in [-0.05, 0) is 38.1 Å². The third kappa shape index (κ3) is 13.0. The van der Waals surface area contributed by atoms with Crippen LogP contribution in [0.3, 0.4) is 0 Å². The Morgan fingerprint density at radius 3 is 1.42 bits per heavy atom. The van der Waals surface area contributed by atoms with Crippen LogP contribution in [0.1, 0.15) is 59.6 Å². The Morgan fingerprint density at radius 2 is 0.969 bits per heavy atom. The third-order valence-electron chi connectivity index (χ3n) is 9.41. The number of benzene rings is 2. The molecule has 0 unspecified atom stereocenters. The van der Waals surface area contributed by atoms with E-state index in [4.69, 9.17) is 42.6 Å². The van der Waals surface area contributed by atoms with Crippen LogP contribution in [0.25, 0.3) is 0 Å². The van der Waals surface area contributed by atoms with Crippen molar-refractivity contribution in [3.05, 3.63) is 59.7 Å². The number of carbonyl (C=O) groups excluding carboxylic acids is 7. The molecule has 2 heterocycles. The van der Waals surface area contributed by atoms with E-state index < -0.39 is 141 Å². The average molecular weight is 943 g/mol. The number of rotatable bonds is 16. The molecule has 2 aliphatic rings. The van der Waals surface area contributed by atoms with E-state index in [0.29, 0.717) is 11.1 Å². The van der Waals surface area contributed by atoms with Crippen molar-refractivity contribution in [3.8, 4) is 0 Å². The summed E-state index contributed by atoms with van der Waals surface area (Å²) in [6.45, 7) is 8.51. The Morgan fingerprint density at radius 1 is 0.547 bits per heavy atom. The Labute approximate surface area is 369 Å². The molecule has 352 valence electrons. The quantitative estimate of drug-likeness (QED) is 0.180. The van der Waals surface area contributed by atoms with Gasteiger partial charge in [0.15, 0.2) is 30.7 Å². The second kappa shape index (κ2) is 21.4. The first-order valence-corrected chi connectivity index (χ1v) is 22.4. The predicted molar refractivity (Wildman–Crippen MR) is 214 cm³/mol. The highest BCUT2D eigenvalue weighted by molar-refractivity contribution is 7.90. The number of hydrogen-bond donors (Lipinski definition) is 1. The van der Waals surface area contributed by atoms with Crippen LogP contribution in [0, 0.1) is 13.8 Å². The van der Waals surface area contributed by atoms with Gasteiger partial charge in [-0.15, -0.1) is 0 Å². The van der Waals surface area contributed by atoms with Crippen molar-refractivity contribution in [3.63, 3.8) is 0 Å². The van der Waals surface area contributed by atoms with Gasteiger partial charge in [0.1, 0.15) is 43.8 Å². The Kier molecular flexibility index (Phi) is 17.1. The maximum absolute atomic E-state index is 14.6. The summed E-state index contributed by atoms with van der Waals surface area (Å²) in [4.78, 5) is 88.0. The van der Waals surface area contributed by atoms with Gasteiger partial charge < -0.3 is 42.6 Å². The lowest BCUT2D eigenvalue weighted by atomic mass is 9.94. The van der Waals surface area contributed by atoms with E-state index in [1.165, 1.54) is 48.5 Å². The summed E-state index contributed by atoms with van der Waals surface area (Å²) >= 11 is 0. The molecule has 2 aromatic rings. The molecule has 0 bridgehead atoms. The van der Waals surface area contributed by atoms with Gasteiger partial charge in [0, 0.05) is 48.5 Å². The van der Waals surface area contributed by atoms with Crippen molar-refractivity contribution in [2.24, 2.45) is 0 Å². The monoisotopic (exact) mass is 942 g/mol. The minimum Gasteiger partial charge on any atom is -0.463 e. The molecule has 2 aliphatic heterocycles. The van der Waals surface area contributed by atoms with E-state index in [0.717, 1.165) is 48.5 Å². The summed E-state index contributed by atoms with van der Waals surface area (Å²) in [6, 6.07) is 8.38. The molecule has 0 spiro atoms. The van der Waals surface area contributed by atoms with Crippen LogP contribution in [0.2, 0.25) is 0 Å². The molecule has 22 nitrogen and oxygen atoms in total. The fraction of sp³-hybridized carbons (Fsp3) is 0.525. The summed E-state index contributed by atoms with van der Waals surface area (Å²) in [6.07, 6.45) is -17.1. The highest BCUT2D eigenvalue weighted by Gasteiger charge is 2.59. The standard InChI is InChI=1S/C40H50N2O20S2/c1-20-10-14-29(15-11-20)63(50,51)41-39-33(42(22(3)43)64(52,53)30-16-12-21(2)13-17-30)36(57-26(7)47)34(31(60-39)18-54-23(4)44)62-40-38(59-28(9)49)37(58-27(8)48)35(56-25(6)46)32(61-40)19-55-24(5)45/h10-17,31-41H,18-19H2,1-9H3/t31-,32-,33-,34-,35+,36-,37+,38-,39-,40+/m1/s1. The van der Waals surface area contributed by atoms with Crippen molar-refractivity contribution in [2.45, 2.75) is 133 Å². The van der Waals surface area contributed by atoms with Gasteiger partial charge in [-0.1, -0.05) is 35.4 Å². The van der Waals surface area contributed by atoms with E-state index in [1.807, 2.05) is 0 Å². The van der Waals surface area contributed by atoms with Crippen LogP contribution < -0.4 is 4.72 Å². The Bertz CT molecular complexity index is 2290. The van der Waals surface area contributed by atoms with Gasteiger partial charge in [0.2, 0.25) is 15.9 Å². The van der Waals surface area contributed by atoms with E-state index in [-0.39, 0.29) is 9.20 Å². The maximum atomic E-state index is 14.6. The van der Waals surface area contributed by atoms with Crippen LogP contribution in [0.4, 0.5) is 0 Å². The molecule has 10 atom stereocenters. The first-order chi connectivity index (χ1) is 29.8. The number of nitrogens with one attached hydrogen (secondary N) is 1. The van der Waals surface area contributed by atoms with Gasteiger partial charge in [-0.2, -0.15) is 4.72 Å². The minimum absolute atomic E-state index is 0.235. The normalized spacial score (nSPS) is 25.8. The Balaban J connectivity index is 2.03. The summed E-state index contributed by atoms with van der Waals surface area (Å²) in [5.74, 6) is -7.12. The number of sulfonamides is 2. The van der Waals surface area contributed by atoms with Crippen LogP contribution in [0.5, 0.6) is 0 Å². The molecule has 0 radical (unpaired) electrons. The number of ether oxygens (including phenoxy) is 9. The molecule has 1 amide bonds. The number of amides is 1. The van der Waals surface area contributed by atoms with Crippen LogP contribution in [-0.2, 0) is 96.2 Å². The number of hydrogen-bond acceptors (Lipinski definition) is 20. The third-order valence-corrected chi connectivity index (χ3v) is 12.7.